The minimum Gasteiger partial charge on any atom is -0.377 e. The highest BCUT2D eigenvalue weighted by Crippen LogP contribution is 2.18. The molecule has 5 nitrogen and oxygen atoms in total. The Kier molecular flexibility index (Phi) is 5.91. The fourth-order valence-corrected chi connectivity index (χ4v) is 2.28. The molecule has 0 heterocycles. The third kappa shape index (κ3) is 4.73. The van der Waals surface area contributed by atoms with E-state index in [0.717, 1.165) is 18.2 Å². The second-order valence-electron chi connectivity index (χ2n) is 4.06. The van der Waals surface area contributed by atoms with Gasteiger partial charge in [0.25, 0.3) is 15.0 Å². The first kappa shape index (κ1) is 16.9. The molecule has 0 bridgehead atoms. The third-order valence-corrected chi connectivity index (χ3v) is 3.82. The highest BCUT2D eigenvalue weighted by molar-refractivity contribution is 8.13. The van der Waals surface area contributed by atoms with Gasteiger partial charge >= 0.3 is 0 Å². The van der Waals surface area contributed by atoms with Gasteiger partial charge in [-0.05, 0) is 32.0 Å². The molecule has 20 heavy (non-hydrogen) atoms. The molecule has 0 fully saturated rings. The molecule has 1 atom stereocenters. The number of halogens is 2. The lowest BCUT2D eigenvalue weighted by Gasteiger charge is -2.13. The number of hydrogen-bond donors (Lipinski definition) is 1. The number of rotatable bonds is 6. The van der Waals surface area contributed by atoms with E-state index in [0.29, 0.717) is 6.61 Å². The standard InChI is InChI=1S/C12H15ClFNO4S/c1-3-19-8(2)7-15-12(16)10-6-9(20(13,17)18)4-5-11(10)14/h4-6,8H,3,7H2,1-2H3,(H,15,16). The summed E-state index contributed by atoms with van der Waals surface area (Å²) in [6, 6.07) is 2.78. The highest BCUT2D eigenvalue weighted by Gasteiger charge is 2.18. The second kappa shape index (κ2) is 7.01. The first-order valence-corrected chi connectivity index (χ1v) is 8.20. The van der Waals surface area contributed by atoms with Gasteiger partial charge < -0.3 is 10.1 Å². The molecule has 0 aliphatic carbocycles. The van der Waals surface area contributed by atoms with Crippen LogP contribution < -0.4 is 5.32 Å². The molecule has 0 spiro atoms. The van der Waals surface area contributed by atoms with Crippen molar-refractivity contribution in [2.24, 2.45) is 0 Å². The Morgan fingerprint density at radius 1 is 1.50 bits per heavy atom. The summed E-state index contributed by atoms with van der Waals surface area (Å²) in [5.74, 6) is -1.55. The van der Waals surface area contributed by atoms with Crippen molar-refractivity contribution in [1.29, 1.82) is 0 Å². The van der Waals surface area contributed by atoms with Gasteiger partial charge in [0.1, 0.15) is 5.82 Å². The van der Waals surface area contributed by atoms with Crippen LogP contribution in [0.4, 0.5) is 4.39 Å². The maximum Gasteiger partial charge on any atom is 0.261 e. The van der Waals surface area contributed by atoms with E-state index in [1.54, 1.807) is 6.92 Å². The smallest absolute Gasteiger partial charge is 0.261 e. The molecule has 0 saturated heterocycles. The summed E-state index contributed by atoms with van der Waals surface area (Å²) in [7, 11) is 1.14. The molecular weight excluding hydrogens is 309 g/mol. The molecule has 1 aromatic carbocycles. The molecule has 0 saturated carbocycles. The van der Waals surface area contributed by atoms with Gasteiger partial charge in [0.05, 0.1) is 16.6 Å². The second-order valence-corrected chi connectivity index (χ2v) is 6.62. The molecule has 1 aromatic rings. The van der Waals surface area contributed by atoms with Gasteiger partial charge in [0, 0.05) is 23.8 Å². The summed E-state index contributed by atoms with van der Waals surface area (Å²) in [6.07, 6.45) is -0.230. The van der Waals surface area contributed by atoms with Crippen molar-refractivity contribution in [2.75, 3.05) is 13.2 Å². The molecule has 8 heteroatoms. The van der Waals surface area contributed by atoms with Crippen LogP contribution in [0.3, 0.4) is 0 Å². The maximum atomic E-state index is 13.6. The van der Waals surface area contributed by atoms with E-state index in [9.17, 15) is 17.6 Å². The predicted molar refractivity (Wildman–Crippen MR) is 72.9 cm³/mol. The first-order valence-electron chi connectivity index (χ1n) is 5.89. The minimum absolute atomic E-state index is 0.184. The molecular formula is C12H15ClFNO4S. The molecule has 112 valence electrons. The minimum atomic E-state index is -4.01. The Bertz CT molecular complexity index is 591. The SMILES string of the molecule is CCOC(C)CNC(=O)c1cc(S(=O)(=O)Cl)ccc1F. The van der Waals surface area contributed by atoms with Crippen LogP contribution in [0, 0.1) is 5.82 Å². The fourth-order valence-electron chi connectivity index (χ4n) is 1.51. The quantitative estimate of drug-likeness (QED) is 0.812. The molecule has 1 amide bonds. The van der Waals surface area contributed by atoms with Gasteiger partial charge in [-0.1, -0.05) is 0 Å². The van der Waals surface area contributed by atoms with E-state index < -0.39 is 20.8 Å². The van der Waals surface area contributed by atoms with E-state index >= 15 is 0 Å². The van der Waals surface area contributed by atoms with E-state index in [-0.39, 0.29) is 23.1 Å². The number of ether oxygens (including phenoxy) is 1. The van der Waals surface area contributed by atoms with Gasteiger partial charge in [-0.2, -0.15) is 0 Å². The zero-order valence-electron chi connectivity index (χ0n) is 11.0. The van der Waals surface area contributed by atoms with E-state index in [1.807, 2.05) is 6.92 Å². The Balaban J connectivity index is 2.87. The van der Waals surface area contributed by atoms with Crippen LogP contribution in [0.25, 0.3) is 0 Å². The van der Waals surface area contributed by atoms with Crippen molar-refractivity contribution in [3.05, 3.63) is 29.6 Å². The predicted octanol–water partition coefficient (Wildman–Crippen LogP) is 1.91. The highest BCUT2D eigenvalue weighted by atomic mass is 35.7. The summed E-state index contributed by atoms with van der Waals surface area (Å²) in [6.45, 7) is 4.24. The summed E-state index contributed by atoms with van der Waals surface area (Å²) in [5.41, 5.74) is -0.379. The van der Waals surface area contributed by atoms with E-state index in [1.165, 1.54) is 0 Å². The van der Waals surface area contributed by atoms with Gasteiger partial charge in [-0.25, -0.2) is 12.8 Å². The van der Waals surface area contributed by atoms with E-state index in [2.05, 4.69) is 5.32 Å². The van der Waals surface area contributed by atoms with Crippen molar-refractivity contribution < 1.29 is 22.3 Å². The summed E-state index contributed by atoms with van der Waals surface area (Å²) in [4.78, 5) is 11.5. The van der Waals surface area contributed by atoms with Crippen LogP contribution in [-0.2, 0) is 13.8 Å². The van der Waals surface area contributed by atoms with Crippen molar-refractivity contribution in [3.8, 4) is 0 Å². The van der Waals surface area contributed by atoms with Crippen LogP contribution >= 0.6 is 10.7 Å². The fraction of sp³-hybridized carbons (Fsp3) is 0.417. The Labute approximate surface area is 121 Å². The first-order chi connectivity index (χ1) is 9.25. The average molecular weight is 324 g/mol. The van der Waals surface area contributed by atoms with Gasteiger partial charge in [-0.3, -0.25) is 4.79 Å². The summed E-state index contributed by atoms with van der Waals surface area (Å²) >= 11 is 0. The van der Waals surface area contributed by atoms with Crippen LogP contribution in [0.2, 0.25) is 0 Å². The normalized spacial score (nSPS) is 13.0. The monoisotopic (exact) mass is 323 g/mol. The largest absolute Gasteiger partial charge is 0.377 e. The zero-order valence-corrected chi connectivity index (χ0v) is 12.6. The Morgan fingerprint density at radius 2 is 2.15 bits per heavy atom. The number of amides is 1. The zero-order chi connectivity index (χ0) is 15.3. The van der Waals surface area contributed by atoms with Crippen molar-refractivity contribution in [1.82, 2.24) is 5.32 Å². The van der Waals surface area contributed by atoms with Gasteiger partial charge in [0.2, 0.25) is 0 Å². The van der Waals surface area contributed by atoms with Crippen LogP contribution in [-0.4, -0.2) is 33.6 Å². The number of carbonyl (C=O) groups is 1. The molecule has 0 aromatic heterocycles. The number of hydrogen-bond acceptors (Lipinski definition) is 4. The molecule has 1 N–H and O–H groups in total. The Morgan fingerprint density at radius 3 is 2.70 bits per heavy atom. The molecule has 0 radical (unpaired) electrons. The van der Waals surface area contributed by atoms with E-state index in [4.69, 9.17) is 15.4 Å². The summed E-state index contributed by atoms with van der Waals surface area (Å²) in [5, 5.41) is 2.46. The number of benzene rings is 1. The third-order valence-electron chi connectivity index (χ3n) is 2.47. The average Bonchev–Trinajstić information content (AvgIpc) is 2.35. The molecule has 0 aliphatic heterocycles. The van der Waals surface area contributed by atoms with Crippen LogP contribution in [0.1, 0.15) is 24.2 Å². The molecule has 1 rings (SSSR count). The lowest BCUT2D eigenvalue weighted by molar-refractivity contribution is 0.0693. The lowest BCUT2D eigenvalue weighted by Crippen LogP contribution is -2.32. The maximum absolute atomic E-state index is 13.6. The van der Waals surface area contributed by atoms with Crippen LogP contribution in [0.15, 0.2) is 23.1 Å². The number of carbonyl (C=O) groups excluding carboxylic acids is 1. The number of nitrogens with one attached hydrogen (secondary N) is 1. The van der Waals surface area contributed by atoms with Crippen molar-refractivity contribution >= 4 is 25.6 Å². The molecule has 1 unspecified atom stereocenters. The van der Waals surface area contributed by atoms with Gasteiger partial charge in [-0.15, -0.1) is 0 Å². The van der Waals surface area contributed by atoms with Crippen molar-refractivity contribution in [3.63, 3.8) is 0 Å². The lowest BCUT2D eigenvalue weighted by atomic mass is 10.2. The van der Waals surface area contributed by atoms with Crippen LogP contribution in [0.5, 0.6) is 0 Å². The Hall–Kier alpha value is -1.18. The molecule has 0 aliphatic rings. The summed E-state index contributed by atoms with van der Waals surface area (Å²) < 4.78 is 41.1. The topological polar surface area (TPSA) is 72.5 Å². The van der Waals surface area contributed by atoms with Crippen molar-refractivity contribution in [2.45, 2.75) is 24.8 Å². The van der Waals surface area contributed by atoms with Gasteiger partial charge in [0.15, 0.2) is 0 Å².